The molecular weight excluding hydrogens is 478 g/mol. The summed E-state index contributed by atoms with van der Waals surface area (Å²) in [4.78, 5) is 13.7. The van der Waals surface area contributed by atoms with Gasteiger partial charge in [-0.15, -0.1) is 0 Å². The van der Waals surface area contributed by atoms with Crippen molar-refractivity contribution >= 4 is 15.9 Å². The Bertz CT molecular complexity index is 1370. The zero-order chi connectivity index (χ0) is 22.8. The summed E-state index contributed by atoms with van der Waals surface area (Å²) in [6, 6.07) is 26.6. The maximum absolute atomic E-state index is 9.91. The van der Waals surface area contributed by atoms with Crippen LogP contribution in [0.4, 0.5) is 0 Å². The minimum absolute atomic E-state index is 0.161. The maximum Gasteiger partial charge on any atom is 0.158 e. The predicted octanol–water partition coefficient (Wildman–Crippen LogP) is 6.71. The number of nitrogens with zero attached hydrogens (tertiary/aromatic N) is 3. The fourth-order valence-corrected chi connectivity index (χ4v) is 4.16. The van der Waals surface area contributed by atoms with Crippen molar-refractivity contribution in [2.24, 2.45) is 0 Å². The predicted molar refractivity (Wildman–Crippen MR) is 133 cm³/mol. The quantitative estimate of drug-likeness (QED) is 0.270. The first-order valence-corrected chi connectivity index (χ1v) is 11.0. The van der Waals surface area contributed by atoms with Gasteiger partial charge in [-0.2, -0.15) is 0 Å². The number of benzene rings is 2. The number of phenols is 2. The molecule has 0 saturated carbocycles. The number of hydrogen-bond acceptors (Lipinski definition) is 5. The molecule has 2 aromatic carbocycles. The fourth-order valence-electron chi connectivity index (χ4n) is 3.60. The van der Waals surface area contributed by atoms with E-state index in [0.29, 0.717) is 4.47 Å². The van der Waals surface area contributed by atoms with Crippen LogP contribution in [0.5, 0.6) is 11.5 Å². The van der Waals surface area contributed by atoms with Gasteiger partial charge < -0.3 is 10.2 Å². The van der Waals surface area contributed by atoms with Gasteiger partial charge in [-0.3, -0.25) is 9.97 Å². The van der Waals surface area contributed by atoms with E-state index < -0.39 is 0 Å². The van der Waals surface area contributed by atoms with E-state index in [1.807, 2.05) is 72.8 Å². The molecule has 160 valence electrons. The summed E-state index contributed by atoms with van der Waals surface area (Å²) in [5, 5.41) is 19.6. The molecule has 5 rings (SSSR count). The Labute approximate surface area is 199 Å². The summed E-state index contributed by atoms with van der Waals surface area (Å²) in [7, 11) is 0. The van der Waals surface area contributed by atoms with Crippen molar-refractivity contribution < 1.29 is 10.2 Å². The van der Waals surface area contributed by atoms with Crippen LogP contribution in [0.25, 0.3) is 45.0 Å². The van der Waals surface area contributed by atoms with E-state index in [4.69, 9.17) is 4.98 Å². The molecule has 0 saturated heterocycles. The molecule has 0 unspecified atom stereocenters. The second-order valence-corrected chi connectivity index (χ2v) is 8.31. The average Bonchev–Trinajstić information content (AvgIpc) is 2.87. The molecule has 5 nitrogen and oxygen atoms in total. The van der Waals surface area contributed by atoms with Gasteiger partial charge in [0.15, 0.2) is 11.5 Å². The van der Waals surface area contributed by atoms with Gasteiger partial charge in [-0.1, -0.05) is 52.3 Å². The summed E-state index contributed by atoms with van der Waals surface area (Å²) < 4.78 is 0.698. The molecule has 0 aliphatic rings. The summed E-state index contributed by atoms with van der Waals surface area (Å²) in [5.41, 5.74) is 6.81. The topological polar surface area (TPSA) is 79.1 Å². The SMILES string of the molecule is Oc1cc(Br)c(-c2ccc(-c3cc(-c4ccccn4)nc(-c4ccccn4)c3)cc2)cc1O. The van der Waals surface area contributed by atoms with Crippen LogP contribution in [0.1, 0.15) is 0 Å². The highest BCUT2D eigenvalue weighted by Gasteiger charge is 2.12. The van der Waals surface area contributed by atoms with E-state index in [2.05, 4.69) is 25.9 Å². The molecule has 3 heterocycles. The Kier molecular flexibility index (Phi) is 5.59. The van der Waals surface area contributed by atoms with Crippen molar-refractivity contribution in [3.8, 4) is 56.5 Å². The van der Waals surface area contributed by atoms with E-state index in [1.165, 1.54) is 6.07 Å². The lowest BCUT2D eigenvalue weighted by atomic mass is 9.98. The fraction of sp³-hybridized carbons (Fsp3) is 0. The van der Waals surface area contributed by atoms with Crippen molar-refractivity contribution in [3.05, 3.63) is 102 Å². The van der Waals surface area contributed by atoms with Gasteiger partial charge in [0.1, 0.15) is 0 Å². The average molecular weight is 496 g/mol. The third-order valence-electron chi connectivity index (χ3n) is 5.27. The lowest BCUT2D eigenvalue weighted by Gasteiger charge is -2.11. The highest BCUT2D eigenvalue weighted by molar-refractivity contribution is 9.10. The van der Waals surface area contributed by atoms with Crippen molar-refractivity contribution in [2.75, 3.05) is 0 Å². The molecular formula is C27H18BrN3O2. The number of pyridine rings is 3. The van der Waals surface area contributed by atoms with E-state index in [9.17, 15) is 10.2 Å². The number of rotatable bonds is 4. The summed E-state index contributed by atoms with van der Waals surface area (Å²) >= 11 is 3.46. The number of aromatic hydroxyl groups is 2. The van der Waals surface area contributed by atoms with E-state index in [-0.39, 0.29) is 11.5 Å². The van der Waals surface area contributed by atoms with Crippen LogP contribution in [0.3, 0.4) is 0 Å². The normalized spacial score (nSPS) is 10.8. The second kappa shape index (κ2) is 8.84. The molecule has 0 radical (unpaired) electrons. The minimum atomic E-state index is -0.164. The molecule has 6 heteroatoms. The standard InChI is InChI=1S/C27H18BrN3O2/c28-21-16-27(33)26(32)15-20(21)18-9-7-17(8-10-18)19-13-24(22-5-1-3-11-29-22)31-25(14-19)23-6-2-4-12-30-23/h1-16,32-33H. The lowest BCUT2D eigenvalue weighted by molar-refractivity contribution is 0.403. The summed E-state index contributed by atoms with van der Waals surface area (Å²) in [6.45, 7) is 0. The molecule has 33 heavy (non-hydrogen) atoms. The van der Waals surface area contributed by atoms with Gasteiger partial charge in [0, 0.05) is 16.9 Å². The lowest BCUT2D eigenvalue weighted by Crippen LogP contribution is -1.94. The smallest absolute Gasteiger partial charge is 0.158 e. The molecule has 0 aliphatic heterocycles. The van der Waals surface area contributed by atoms with Crippen LogP contribution in [-0.2, 0) is 0 Å². The zero-order valence-corrected chi connectivity index (χ0v) is 18.9. The van der Waals surface area contributed by atoms with Gasteiger partial charge in [0.05, 0.1) is 22.8 Å². The molecule has 0 aliphatic carbocycles. The number of aromatic nitrogens is 3. The maximum atomic E-state index is 9.91. The van der Waals surface area contributed by atoms with Crippen LogP contribution in [-0.4, -0.2) is 25.2 Å². The Hall–Kier alpha value is -4.03. The van der Waals surface area contributed by atoms with Crippen LogP contribution in [0, 0.1) is 0 Å². The van der Waals surface area contributed by atoms with E-state index in [0.717, 1.165) is 45.0 Å². The van der Waals surface area contributed by atoms with Crippen molar-refractivity contribution in [1.29, 1.82) is 0 Å². The van der Waals surface area contributed by atoms with Gasteiger partial charge in [-0.25, -0.2) is 4.98 Å². The van der Waals surface area contributed by atoms with Gasteiger partial charge in [0.25, 0.3) is 0 Å². The Morgan fingerprint density at radius 1 is 0.545 bits per heavy atom. The van der Waals surface area contributed by atoms with Crippen molar-refractivity contribution in [2.45, 2.75) is 0 Å². The monoisotopic (exact) mass is 495 g/mol. The third kappa shape index (κ3) is 4.33. The molecule has 0 spiro atoms. The minimum Gasteiger partial charge on any atom is -0.504 e. The summed E-state index contributed by atoms with van der Waals surface area (Å²) in [5.74, 6) is -0.324. The summed E-state index contributed by atoms with van der Waals surface area (Å²) in [6.07, 6.45) is 3.51. The Balaban J connectivity index is 1.59. The van der Waals surface area contributed by atoms with Gasteiger partial charge >= 0.3 is 0 Å². The van der Waals surface area contributed by atoms with E-state index in [1.54, 1.807) is 18.5 Å². The number of halogens is 1. The van der Waals surface area contributed by atoms with Crippen LogP contribution < -0.4 is 0 Å². The molecule has 0 atom stereocenters. The highest BCUT2D eigenvalue weighted by Crippen LogP contribution is 2.38. The van der Waals surface area contributed by atoms with Crippen molar-refractivity contribution in [1.82, 2.24) is 15.0 Å². The van der Waals surface area contributed by atoms with Crippen LogP contribution in [0.15, 0.2) is 102 Å². The molecule has 5 aromatic rings. The Morgan fingerprint density at radius 2 is 1.09 bits per heavy atom. The zero-order valence-electron chi connectivity index (χ0n) is 17.4. The van der Waals surface area contributed by atoms with Crippen LogP contribution >= 0.6 is 15.9 Å². The third-order valence-corrected chi connectivity index (χ3v) is 5.93. The van der Waals surface area contributed by atoms with Crippen LogP contribution in [0.2, 0.25) is 0 Å². The molecule has 3 aromatic heterocycles. The molecule has 0 bridgehead atoms. The second-order valence-electron chi connectivity index (χ2n) is 7.45. The largest absolute Gasteiger partial charge is 0.504 e. The Morgan fingerprint density at radius 3 is 1.64 bits per heavy atom. The molecule has 0 amide bonds. The first-order valence-electron chi connectivity index (χ1n) is 10.3. The van der Waals surface area contributed by atoms with Gasteiger partial charge in [0.2, 0.25) is 0 Å². The molecule has 2 N–H and O–H groups in total. The van der Waals surface area contributed by atoms with Gasteiger partial charge in [-0.05, 0) is 70.8 Å². The first kappa shape index (κ1) is 20.8. The van der Waals surface area contributed by atoms with E-state index >= 15 is 0 Å². The van der Waals surface area contributed by atoms with Crippen molar-refractivity contribution in [3.63, 3.8) is 0 Å². The number of hydrogen-bond donors (Lipinski definition) is 2. The number of phenolic OH excluding ortho intramolecular Hbond substituents is 2. The first-order chi connectivity index (χ1) is 16.1. The highest BCUT2D eigenvalue weighted by atomic mass is 79.9. The molecule has 0 fully saturated rings.